The van der Waals surface area contributed by atoms with Crippen LogP contribution in [0.1, 0.15) is 6.92 Å². The molecule has 0 saturated carbocycles. The molecule has 0 radical (unpaired) electrons. The Kier molecular flexibility index (Phi) is 7.49. The molecule has 13 heavy (non-hydrogen) atoms. The standard InChI is InChI=1S/C6H5.C2H4O2.CH2O.Hg/c1-2-4-6-5-3-1;1-2(3)4;1-2;/h1-5H;1H3,(H,3,4);1H2;/q;;;+1/p-1. The van der Waals surface area contributed by atoms with Gasteiger partial charge in [0.05, 0.1) is 0 Å². The van der Waals surface area contributed by atoms with Crippen molar-refractivity contribution in [2.75, 3.05) is 0 Å². The second-order valence-corrected chi connectivity index (χ2v) is 7.68. The maximum absolute atomic E-state index is 10.5. The van der Waals surface area contributed by atoms with Crippen LogP contribution in [0.3, 0.4) is 0 Å². The minimum atomic E-state index is -1.52. The van der Waals surface area contributed by atoms with Crippen LogP contribution in [-0.2, 0) is 37.3 Å². The molecule has 0 fully saturated rings. The van der Waals surface area contributed by atoms with Gasteiger partial charge in [-0.1, -0.05) is 0 Å². The molecule has 0 spiro atoms. The zero-order chi connectivity index (χ0) is 10.1. The van der Waals surface area contributed by atoms with Gasteiger partial charge in [0.25, 0.3) is 0 Å². The van der Waals surface area contributed by atoms with Crippen LogP contribution >= 0.6 is 0 Å². The van der Waals surface area contributed by atoms with Gasteiger partial charge in [-0.05, 0) is 0 Å². The van der Waals surface area contributed by atoms with E-state index in [-0.39, 0.29) is 5.97 Å². The van der Waals surface area contributed by atoms with Gasteiger partial charge in [-0.15, -0.1) is 0 Å². The number of hydrogen-bond donors (Lipinski definition) is 0. The molecule has 0 aliphatic rings. The summed E-state index contributed by atoms with van der Waals surface area (Å²) >= 11 is -1.52. The Morgan fingerprint density at radius 2 is 1.85 bits per heavy atom. The molecule has 0 N–H and O–H groups in total. The molecule has 0 aliphatic heterocycles. The fourth-order valence-electron chi connectivity index (χ4n) is 0.759. The third-order valence-electron chi connectivity index (χ3n) is 1.28. The molecule has 4 heteroatoms. The van der Waals surface area contributed by atoms with Gasteiger partial charge in [0.1, 0.15) is 6.79 Å². The summed E-state index contributed by atoms with van der Waals surface area (Å²) in [6.45, 7) is 3.46. The average Bonchev–Trinajstić information content (AvgIpc) is 2.19. The van der Waals surface area contributed by atoms with E-state index in [9.17, 15) is 4.79 Å². The summed E-state index contributed by atoms with van der Waals surface area (Å²) in [5.74, 6) is -0.143. The van der Waals surface area contributed by atoms with E-state index in [0.29, 0.717) is 0 Å². The molecular weight excluding hydrogens is 357 g/mol. The molecule has 0 unspecified atom stereocenters. The van der Waals surface area contributed by atoms with Gasteiger partial charge in [0.15, 0.2) is 0 Å². The Balaban J connectivity index is 0.000000671. The van der Waals surface area contributed by atoms with Gasteiger partial charge in [0.2, 0.25) is 0 Å². The predicted octanol–water partition coefficient (Wildman–Crippen LogP) is 0.688. The van der Waals surface area contributed by atoms with Crippen LogP contribution < -0.4 is 3.07 Å². The summed E-state index contributed by atoms with van der Waals surface area (Å²) in [6.07, 6.45) is 0. The summed E-state index contributed by atoms with van der Waals surface area (Å²) < 4.78 is 6.25. The zero-order valence-electron chi connectivity index (χ0n) is 7.53. The number of rotatable bonds is 2. The molecule has 0 aliphatic carbocycles. The molecule has 1 aromatic rings. The first-order valence-corrected chi connectivity index (χ1v) is 8.74. The van der Waals surface area contributed by atoms with Crippen LogP contribution in [0.25, 0.3) is 0 Å². The number of benzene rings is 1. The first-order chi connectivity index (χ1) is 6.29. The second kappa shape index (κ2) is 7.92. The van der Waals surface area contributed by atoms with E-state index in [4.69, 9.17) is 7.44 Å². The van der Waals surface area contributed by atoms with Crippen molar-refractivity contribution in [2.24, 2.45) is 0 Å². The third kappa shape index (κ3) is 6.46. The fraction of sp³-hybridized carbons (Fsp3) is 0.111. The second-order valence-electron chi connectivity index (χ2n) is 2.27. The minimum absolute atomic E-state index is 0.143. The molecule has 1 rings (SSSR count). The van der Waals surface area contributed by atoms with Crippen LogP contribution in [0.5, 0.6) is 0 Å². The van der Waals surface area contributed by atoms with Crippen molar-refractivity contribution in [3.05, 3.63) is 30.3 Å². The van der Waals surface area contributed by atoms with Gasteiger partial charge >= 0.3 is 78.8 Å². The summed E-state index contributed by atoms with van der Waals surface area (Å²) in [4.78, 5) is 18.5. The molecule has 3 nitrogen and oxygen atoms in total. The van der Waals surface area contributed by atoms with Gasteiger partial charge in [-0.25, -0.2) is 0 Å². The van der Waals surface area contributed by atoms with E-state index in [2.05, 4.69) is 0 Å². The molecule has 0 atom stereocenters. The van der Waals surface area contributed by atoms with Crippen molar-refractivity contribution in [2.45, 2.75) is 6.92 Å². The molecule has 0 heterocycles. The summed E-state index contributed by atoms with van der Waals surface area (Å²) in [6, 6.07) is 9.94. The van der Waals surface area contributed by atoms with Gasteiger partial charge < -0.3 is 4.79 Å². The molecule has 0 aromatic heterocycles. The van der Waals surface area contributed by atoms with Crippen LogP contribution in [0, 0.1) is 0 Å². The van der Waals surface area contributed by atoms with Crippen molar-refractivity contribution >= 4 is 15.8 Å². The third-order valence-corrected chi connectivity index (χ3v) is 6.55. The monoisotopic (exact) mass is 368 g/mol. The zero-order valence-corrected chi connectivity index (χ0v) is 13.0. The Morgan fingerprint density at radius 3 is 2.31 bits per heavy atom. The van der Waals surface area contributed by atoms with Crippen molar-refractivity contribution in [1.29, 1.82) is 0 Å². The Hall–Kier alpha value is -0.705. The topological polar surface area (TPSA) is 43.4 Å². The van der Waals surface area contributed by atoms with Crippen molar-refractivity contribution < 1.29 is 37.3 Å². The summed E-state index contributed by atoms with van der Waals surface area (Å²) in [5, 5.41) is 0. The molecule has 0 bridgehead atoms. The number of carbonyl (C=O) groups excluding carboxylic acids is 2. The van der Waals surface area contributed by atoms with Crippen LogP contribution in [0.4, 0.5) is 0 Å². The maximum atomic E-state index is 10.5. The molecule has 1 aromatic carbocycles. The van der Waals surface area contributed by atoms with Crippen molar-refractivity contribution in [3.8, 4) is 0 Å². The van der Waals surface area contributed by atoms with Crippen LogP contribution in [0.2, 0.25) is 0 Å². The van der Waals surface area contributed by atoms with Gasteiger partial charge in [0, 0.05) is 0 Å². The number of hydrogen-bond acceptors (Lipinski definition) is 3. The van der Waals surface area contributed by atoms with Crippen LogP contribution in [0.15, 0.2) is 30.3 Å². The Morgan fingerprint density at radius 1 is 1.31 bits per heavy atom. The normalized spacial score (nSPS) is 7.46. The first kappa shape index (κ1) is 12.3. The van der Waals surface area contributed by atoms with E-state index in [1.807, 2.05) is 37.1 Å². The fourth-order valence-corrected chi connectivity index (χ4v) is 4.00. The SMILES string of the molecule is C=O.CC(=O)[O][Hg][c]1ccccc1. The average molecular weight is 367 g/mol. The van der Waals surface area contributed by atoms with E-state index >= 15 is 0 Å². The molecule has 0 saturated heterocycles. The molecule has 66 valence electrons. The van der Waals surface area contributed by atoms with Crippen molar-refractivity contribution in [1.82, 2.24) is 0 Å². The quantitative estimate of drug-likeness (QED) is 0.723. The van der Waals surface area contributed by atoms with E-state index < -0.39 is 25.0 Å². The predicted molar refractivity (Wildman–Crippen MR) is 45.0 cm³/mol. The molecule has 0 amide bonds. The van der Waals surface area contributed by atoms with E-state index in [0.717, 1.165) is 0 Å². The summed E-state index contributed by atoms with van der Waals surface area (Å²) in [7, 11) is 0. The summed E-state index contributed by atoms with van der Waals surface area (Å²) in [5.41, 5.74) is 0. The molecular formula is C9H10HgO3. The first-order valence-electron chi connectivity index (χ1n) is 3.75. The Bertz CT molecular complexity index is 248. The Labute approximate surface area is 90.2 Å². The van der Waals surface area contributed by atoms with E-state index in [1.54, 1.807) is 0 Å². The van der Waals surface area contributed by atoms with E-state index in [1.165, 1.54) is 10.00 Å². The van der Waals surface area contributed by atoms with Crippen LogP contribution in [-0.4, -0.2) is 12.8 Å². The van der Waals surface area contributed by atoms with Gasteiger partial charge in [-0.3, -0.25) is 0 Å². The van der Waals surface area contributed by atoms with Gasteiger partial charge in [-0.2, -0.15) is 0 Å². The number of carbonyl (C=O) groups is 2. The van der Waals surface area contributed by atoms with Crippen molar-refractivity contribution in [3.63, 3.8) is 0 Å².